The second-order valence-corrected chi connectivity index (χ2v) is 8.77. The maximum absolute atomic E-state index is 12.4. The van der Waals surface area contributed by atoms with Gasteiger partial charge in [-0.1, -0.05) is 11.3 Å². The number of rotatable bonds is 4. The second-order valence-electron chi connectivity index (χ2n) is 5.74. The number of fused-ring (bicyclic) bond motifs is 1. The van der Waals surface area contributed by atoms with Gasteiger partial charge in [-0.15, -0.1) is 0 Å². The van der Waals surface area contributed by atoms with Gasteiger partial charge >= 0.3 is 5.97 Å². The summed E-state index contributed by atoms with van der Waals surface area (Å²) in [6.45, 7) is -0.164. The van der Waals surface area contributed by atoms with Crippen LogP contribution in [-0.2, 0) is 33.0 Å². The fourth-order valence-corrected chi connectivity index (χ4v) is 4.18. The van der Waals surface area contributed by atoms with Crippen LogP contribution in [-0.4, -0.2) is 48.0 Å². The van der Waals surface area contributed by atoms with E-state index in [9.17, 15) is 18.0 Å². The monoisotopic (exact) mass is 408 g/mol. The van der Waals surface area contributed by atoms with Crippen molar-refractivity contribution in [2.45, 2.75) is 11.4 Å². The molecule has 1 aromatic carbocycles. The van der Waals surface area contributed by atoms with Crippen LogP contribution < -0.4 is 4.80 Å². The number of esters is 1. The molecule has 0 radical (unpaired) electrons. The summed E-state index contributed by atoms with van der Waals surface area (Å²) in [4.78, 5) is 28.6. The average Bonchev–Trinajstić information content (AvgIpc) is 3.17. The molecule has 11 heteroatoms. The molecule has 0 fully saturated rings. The first kappa shape index (κ1) is 19.0. The van der Waals surface area contributed by atoms with Crippen molar-refractivity contribution in [2.24, 2.45) is 12.0 Å². The number of methoxy groups -OCH3 is 1. The number of hydrogen-bond acceptors (Lipinski definition) is 7. The minimum Gasteiger partial charge on any atom is -0.468 e. The number of nitrogens with zero attached hydrogens (tertiary/aromatic N) is 4. The van der Waals surface area contributed by atoms with Gasteiger partial charge in [-0.3, -0.25) is 14.3 Å². The highest BCUT2D eigenvalue weighted by Crippen LogP contribution is 2.22. The van der Waals surface area contributed by atoms with Gasteiger partial charge in [0, 0.05) is 19.5 Å². The van der Waals surface area contributed by atoms with Crippen molar-refractivity contribution in [1.29, 1.82) is 0 Å². The number of amides is 1. The molecule has 1 amide bonds. The van der Waals surface area contributed by atoms with Crippen molar-refractivity contribution >= 4 is 43.3 Å². The van der Waals surface area contributed by atoms with E-state index in [1.54, 1.807) is 19.3 Å². The zero-order valence-electron chi connectivity index (χ0n) is 14.7. The fraction of sp³-hybridized carbons (Fsp3) is 0.250. The van der Waals surface area contributed by atoms with Gasteiger partial charge in [0.2, 0.25) is 0 Å². The number of carbonyl (C=O) groups excluding carboxylic acids is 2. The topological polar surface area (TPSA) is 113 Å². The fourth-order valence-electron chi connectivity index (χ4n) is 2.39. The lowest BCUT2D eigenvalue weighted by molar-refractivity contribution is -0.141. The molecule has 0 aliphatic rings. The molecular formula is C16H16N4O5S2. The predicted molar refractivity (Wildman–Crippen MR) is 98.0 cm³/mol. The van der Waals surface area contributed by atoms with Crippen molar-refractivity contribution in [1.82, 2.24) is 14.3 Å². The van der Waals surface area contributed by atoms with Crippen LogP contribution in [0.4, 0.5) is 0 Å². The molecule has 142 valence electrons. The Labute approximate surface area is 158 Å². The standard InChI is InChI=1S/C16H16N4O5S2/c1-19-7-6-11(18-19)15(22)17-16-20(9-14(21)25-2)12-5-4-10(27(3,23)24)8-13(12)26-16/h4-8H,9H2,1-3H3. The molecule has 0 bridgehead atoms. The Hall–Kier alpha value is -2.79. The van der Waals surface area contributed by atoms with Crippen LogP contribution in [0, 0.1) is 0 Å². The smallest absolute Gasteiger partial charge is 0.325 e. The van der Waals surface area contributed by atoms with Crippen molar-refractivity contribution < 1.29 is 22.7 Å². The molecule has 9 nitrogen and oxygen atoms in total. The van der Waals surface area contributed by atoms with Gasteiger partial charge in [-0.05, 0) is 24.3 Å². The highest BCUT2D eigenvalue weighted by molar-refractivity contribution is 7.90. The number of sulfone groups is 1. The summed E-state index contributed by atoms with van der Waals surface area (Å²) in [5.74, 6) is -1.09. The Morgan fingerprint density at radius 1 is 1.30 bits per heavy atom. The normalized spacial score (nSPS) is 12.5. The van der Waals surface area contributed by atoms with Gasteiger partial charge in [0.1, 0.15) is 6.54 Å². The third kappa shape index (κ3) is 3.98. The van der Waals surface area contributed by atoms with Gasteiger partial charge in [0.25, 0.3) is 5.91 Å². The molecular weight excluding hydrogens is 392 g/mol. The van der Waals surface area contributed by atoms with Crippen molar-refractivity contribution in [3.05, 3.63) is 41.0 Å². The van der Waals surface area contributed by atoms with E-state index < -0.39 is 21.7 Å². The Bertz CT molecular complexity index is 1220. The maximum atomic E-state index is 12.4. The lowest BCUT2D eigenvalue weighted by atomic mass is 10.3. The van der Waals surface area contributed by atoms with Crippen molar-refractivity contribution in [2.75, 3.05) is 13.4 Å². The lowest BCUT2D eigenvalue weighted by Crippen LogP contribution is -2.22. The molecule has 2 aromatic heterocycles. The van der Waals surface area contributed by atoms with E-state index in [4.69, 9.17) is 4.74 Å². The third-order valence-corrected chi connectivity index (χ3v) is 5.88. The van der Waals surface area contributed by atoms with Gasteiger partial charge in [-0.25, -0.2) is 8.42 Å². The molecule has 2 heterocycles. The zero-order valence-corrected chi connectivity index (χ0v) is 16.4. The first-order valence-electron chi connectivity index (χ1n) is 7.68. The summed E-state index contributed by atoms with van der Waals surface area (Å²) in [5, 5.41) is 4.01. The number of aromatic nitrogens is 3. The Kier molecular flexibility index (Phi) is 4.98. The van der Waals surface area contributed by atoms with Crippen LogP contribution in [0.3, 0.4) is 0 Å². The van der Waals surface area contributed by atoms with Crippen LogP contribution in [0.5, 0.6) is 0 Å². The molecule has 3 aromatic rings. The van der Waals surface area contributed by atoms with E-state index in [1.165, 1.54) is 34.6 Å². The zero-order chi connectivity index (χ0) is 19.8. The van der Waals surface area contributed by atoms with Gasteiger partial charge in [-0.2, -0.15) is 10.1 Å². The van der Waals surface area contributed by atoms with Gasteiger partial charge in [0.15, 0.2) is 20.3 Å². The molecule has 0 unspecified atom stereocenters. The molecule has 0 aliphatic heterocycles. The quantitative estimate of drug-likeness (QED) is 0.589. The van der Waals surface area contributed by atoms with Crippen LogP contribution in [0.2, 0.25) is 0 Å². The summed E-state index contributed by atoms with van der Waals surface area (Å²) in [6.07, 6.45) is 2.73. The predicted octanol–water partition coefficient (Wildman–Crippen LogP) is 0.754. The Morgan fingerprint density at radius 2 is 2.04 bits per heavy atom. The second kappa shape index (κ2) is 7.08. The minimum absolute atomic E-state index is 0.143. The van der Waals surface area contributed by atoms with Crippen LogP contribution >= 0.6 is 11.3 Å². The first-order valence-corrected chi connectivity index (χ1v) is 10.4. The lowest BCUT2D eigenvalue weighted by Gasteiger charge is -2.04. The van der Waals surface area contributed by atoms with Crippen LogP contribution in [0.15, 0.2) is 40.4 Å². The number of carbonyl (C=O) groups is 2. The third-order valence-electron chi connectivity index (χ3n) is 3.73. The summed E-state index contributed by atoms with van der Waals surface area (Å²) < 4.78 is 31.9. The number of hydrogen-bond donors (Lipinski definition) is 0. The van der Waals surface area contributed by atoms with E-state index in [1.807, 2.05) is 0 Å². The van der Waals surface area contributed by atoms with E-state index >= 15 is 0 Å². The molecule has 27 heavy (non-hydrogen) atoms. The summed E-state index contributed by atoms with van der Waals surface area (Å²) in [7, 11) is -0.453. The van der Waals surface area contributed by atoms with Crippen molar-refractivity contribution in [3.8, 4) is 0 Å². The SMILES string of the molecule is COC(=O)Cn1c(=NC(=O)c2ccn(C)n2)sc2cc(S(C)(=O)=O)ccc21. The summed E-state index contributed by atoms with van der Waals surface area (Å²) in [6, 6.07) is 6.05. The maximum Gasteiger partial charge on any atom is 0.325 e. The largest absolute Gasteiger partial charge is 0.468 e. The molecule has 0 atom stereocenters. The first-order chi connectivity index (χ1) is 12.7. The average molecular weight is 408 g/mol. The van der Waals surface area contributed by atoms with E-state index in [2.05, 4.69) is 10.1 Å². The van der Waals surface area contributed by atoms with Gasteiger partial charge < -0.3 is 9.30 Å². The van der Waals surface area contributed by atoms with Gasteiger partial charge in [0.05, 0.1) is 22.2 Å². The number of thiazole rings is 1. The number of benzene rings is 1. The minimum atomic E-state index is -3.39. The highest BCUT2D eigenvalue weighted by Gasteiger charge is 2.16. The highest BCUT2D eigenvalue weighted by atomic mass is 32.2. The number of ether oxygens (including phenoxy) is 1. The summed E-state index contributed by atoms with van der Waals surface area (Å²) >= 11 is 1.11. The molecule has 3 rings (SSSR count). The summed E-state index contributed by atoms with van der Waals surface area (Å²) in [5.41, 5.74) is 0.738. The molecule has 0 N–H and O–H groups in total. The van der Waals surface area contributed by atoms with Crippen molar-refractivity contribution in [3.63, 3.8) is 0 Å². The molecule has 0 saturated heterocycles. The van der Waals surface area contributed by atoms with Crippen LogP contribution in [0.1, 0.15) is 10.5 Å². The van der Waals surface area contributed by atoms with Crippen LogP contribution in [0.25, 0.3) is 10.2 Å². The molecule has 0 aliphatic carbocycles. The number of aryl methyl sites for hydroxylation is 1. The molecule has 0 spiro atoms. The van der Waals surface area contributed by atoms with E-state index in [0.717, 1.165) is 17.6 Å². The van der Waals surface area contributed by atoms with E-state index in [0.29, 0.717) is 10.2 Å². The molecule has 0 saturated carbocycles. The van der Waals surface area contributed by atoms with E-state index in [-0.39, 0.29) is 21.9 Å². The Morgan fingerprint density at radius 3 is 2.63 bits per heavy atom. The Balaban J connectivity index is 2.19.